The van der Waals surface area contributed by atoms with Crippen molar-refractivity contribution < 1.29 is 19.0 Å². The number of nitrogens with one attached hydrogen (secondary N) is 2. The van der Waals surface area contributed by atoms with Crippen LogP contribution in [0.1, 0.15) is 32.4 Å². The highest BCUT2D eigenvalue weighted by Crippen LogP contribution is 2.14. The third kappa shape index (κ3) is 7.97. The molecule has 6 heteroatoms. The molecule has 6 nitrogen and oxygen atoms in total. The molecule has 23 heavy (non-hydrogen) atoms. The van der Waals surface area contributed by atoms with Gasteiger partial charge in [0.15, 0.2) is 6.29 Å². The maximum Gasteiger partial charge on any atom is 0.408 e. The number of hydrogen-bond acceptors (Lipinski definition) is 5. The third-order valence-corrected chi connectivity index (χ3v) is 3.08. The van der Waals surface area contributed by atoms with Crippen LogP contribution in [0.5, 0.6) is 0 Å². The number of carbonyl (C=O) groups excluding carboxylic acids is 1. The largest absolute Gasteiger partial charge is 0.444 e. The highest BCUT2D eigenvalue weighted by molar-refractivity contribution is 5.68. The SMILES string of the molecule is COC(CNCC(NC(=O)OC(C)(C)C)c1ccccc1)OC. The zero-order valence-corrected chi connectivity index (χ0v) is 14.6. The maximum atomic E-state index is 12.0. The van der Waals surface area contributed by atoms with Gasteiger partial charge in [0.25, 0.3) is 0 Å². The molecular formula is C17H28N2O4. The Balaban J connectivity index is 2.65. The van der Waals surface area contributed by atoms with E-state index in [1.54, 1.807) is 14.2 Å². The molecule has 0 aliphatic carbocycles. The number of hydrogen-bond donors (Lipinski definition) is 2. The van der Waals surface area contributed by atoms with Gasteiger partial charge in [-0.2, -0.15) is 0 Å². The first-order chi connectivity index (χ1) is 10.9. The van der Waals surface area contributed by atoms with Gasteiger partial charge in [-0.05, 0) is 26.3 Å². The topological polar surface area (TPSA) is 68.8 Å². The van der Waals surface area contributed by atoms with Crippen molar-refractivity contribution in [1.29, 1.82) is 0 Å². The third-order valence-electron chi connectivity index (χ3n) is 3.08. The summed E-state index contributed by atoms with van der Waals surface area (Å²) in [6.07, 6.45) is -0.767. The number of ether oxygens (including phenoxy) is 3. The molecule has 0 fully saturated rings. The lowest BCUT2D eigenvalue weighted by Gasteiger charge is -2.24. The minimum Gasteiger partial charge on any atom is -0.444 e. The smallest absolute Gasteiger partial charge is 0.408 e. The zero-order chi connectivity index (χ0) is 17.3. The van der Waals surface area contributed by atoms with Gasteiger partial charge in [0.2, 0.25) is 0 Å². The maximum absolute atomic E-state index is 12.0. The van der Waals surface area contributed by atoms with E-state index in [0.29, 0.717) is 13.1 Å². The van der Waals surface area contributed by atoms with E-state index in [9.17, 15) is 4.79 Å². The Bertz CT molecular complexity index is 455. The van der Waals surface area contributed by atoms with Crippen molar-refractivity contribution in [1.82, 2.24) is 10.6 Å². The number of amides is 1. The van der Waals surface area contributed by atoms with Crippen LogP contribution < -0.4 is 10.6 Å². The van der Waals surface area contributed by atoms with Crippen LogP contribution in [0.3, 0.4) is 0 Å². The van der Waals surface area contributed by atoms with Crippen molar-refractivity contribution >= 4 is 6.09 Å². The van der Waals surface area contributed by atoms with Gasteiger partial charge in [0.1, 0.15) is 5.60 Å². The fourth-order valence-electron chi connectivity index (χ4n) is 2.00. The molecule has 0 radical (unpaired) electrons. The van der Waals surface area contributed by atoms with Crippen LogP contribution in [0.4, 0.5) is 4.79 Å². The lowest BCUT2D eigenvalue weighted by molar-refractivity contribution is -0.0988. The van der Waals surface area contributed by atoms with Gasteiger partial charge in [0, 0.05) is 27.3 Å². The van der Waals surface area contributed by atoms with Crippen molar-refractivity contribution in [3.8, 4) is 0 Å². The number of carbonyl (C=O) groups is 1. The summed E-state index contributed by atoms with van der Waals surface area (Å²) in [5.41, 5.74) is 0.466. The van der Waals surface area contributed by atoms with Gasteiger partial charge in [-0.3, -0.25) is 0 Å². The Labute approximate surface area is 138 Å². The van der Waals surface area contributed by atoms with Crippen LogP contribution in [0.15, 0.2) is 30.3 Å². The van der Waals surface area contributed by atoms with Gasteiger partial charge in [-0.25, -0.2) is 4.79 Å². The average molecular weight is 324 g/mol. The minimum absolute atomic E-state index is 0.208. The van der Waals surface area contributed by atoms with Crippen LogP contribution in [0.2, 0.25) is 0 Å². The molecule has 1 unspecified atom stereocenters. The van der Waals surface area contributed by atoms with Crippen molar-refractivity contribution in [2.24, 2.45) is 0 Å². The van der Waals surface area contributed by atoms with Crippen LogP contribution in [-0.2, 0) is 14.2 Å². The zero-order valence-electron chi connectivity index (χ0n) is 14.6. The molecule has 1 aromatic carbocycles. The quantitative estimate of drug-likeness (QED) is 0.719. The van der Waals surface area contributed by atoms with Crippen LogP contribution in [0.25, 0.3) is 0 Å². The van der Waals surface area contributed by atoms with Gasteiger partial charge in [0.05, 0.1) is 6.04 Å². The Morgan fingerprint density at radius 3 is 2.22 bits per heavy atom. The molecule has 0 aromatic heterocycles. The van der Waals surface area contributed by atoms with E-state index in [0.717, 1.165) is 5.56 Å². The molecule has 0 spiro atoms. The second-order valence-electron chi connectivity index (χ2n) is 6.17. The highest BCUT2D eigenvalue weighted by Gasteiger charge is 2.20. The molecular weight excluding hydrogens is 296 g/mol. The average Bonchev–Trinajstić information content (AvgIpc) is 2.49. The summed E-state index contributed by atoms with van der Waals surface area (Å²) in [4.78, 5) is 12.0. The Kier molecular flexibility index (Phi) is 8.02. The fraction of sp³-hybridized carbons (Fsp3) is 0.588. The van der Waals surface area contributed by atoms with Crippen molar-refractivity contribution in [3.63, 3.8) is 0 Å². The molecule has 1 atom stereocenters. The molecule has 1 aromatic rings. The second kappa shape index (κ2) is 9.50. The lowest BCUT2D eigenvalue weighted by atomic mass is 10.1. The Hall–Kier alpha value is -1.63. The van der Waals surface area contributed by atoms with Gasteiger partial charge >= 0.3 is 6.09 Å². The van der Waals surface area contributed by atoms with Crippen LogP contribution in [0, 0.1) is 0 Å². The molecule has 1 amide bonds. The monoisotopic (exact) mass is 324 g/mol. The normalized spacial score (nSPS) is 13.0. The van der Waals surface area contributed by atoms with Crippen LogP contribution in [-0.4, -0.2) is 45.3 Å². The summed E-state index contributed by atoms with van der Waals surface area (Å²) in [5.74, 6) is 0. The van der Waals surface area contributed by atoms with Crippen molar-refractivity contribution in [2.75, 3.05) is 27.3 Å². The second-order valence-corrected chi connectivity index (χ2v) is 6.17. The van der Waals surface area contributed by atoms with Crippen LogP contribution >= 0.6 is 0 Å². The lowest BCUT2D eigenvalue weighted by Crippen LogP contribution is -2.41. The Morgan fingerprint density at radius 2 is 1.70 bits per heavy atom. The van der Waals surface area contributed by atoms with E-state index in [4.69, 9.17) is 14.2 Å². The summed E-state index contributed by atoms with van der Waals surface area (Å²) in [6.45, 7) is 6.57. The van der Waals surface area contributed by atoms with E-state index in [2.05, 4.69) is 10.6 Å². The van der Waals surface area contributed by atoms with Crippen molar-refractivity contribution in [3.05, 3.63) is 35.9 Å². The molecule has 2 N–H and O–H groups in total. The standard InChI is InChI=1S/C17H28N2O4/c1-17(2,3)23-16(20)19-14(13-9-7-6-8-10-13)11-18-12-15(21-4)22-5/h6-10,14-15,18H,11-12H2,1-5H3,(H,19,20). The number of methoxy groups -OCH3 is 2. The van der Waals surface area contributed by atoms with Crippen molar-refractivity contribution in [2.45, 2.75) is 38.7 Å². The first-order valence-electron chi connectivity index (χ1n) is 7.66. The van der Waals surface area contributed by atoms with E-state index >= 15 is 0 Å². The van der Waals surface area contributed by atoms with Gasteiger partial charge in [-0.1, -0.05) is 30.3 Å². The number of benzene rings is 1. The molecule has 0 aliphatic rings. The van der Waals surface area contributed by atoms with E-state index in [1.165, 1.54) is 0 Å². The fourth-order valence-corrected chi connectivity index (χ4v) is 2.00. The van der Waals surface area contributed by atoms with E-state index < -0.39 is 11.7 Å². The molecule has 0 heterocycles. The summed E-state index contributed by atoms with van der Waals surface area (Å²) >= 11 is 0. The summed E-state index contributed by atoms with van der Waals surface area (Å²) in [5, 5.41) is 6.13. The van der Waals surface area contributed by atoms with E-state index in [-0.39, 0.29) is 12.3 Å². The summed E-state index contributed by atoms with van der Waals surface area (Å²) in [7, 11) is 3.17. The minimum atomic E-state index is -0.532. The predicted octanol–water partition coefficient (Wildman–Crippen LogP) is 2.46. The molecule has 130 valence electrons. The number of rotatable bonds is 8. The molecule has 1 rings (SSSR count). The molecule has 0 saturated heterocycles. The van der Waals surface area contributed by atoms with Gasteiger partial charge in [-0.15, -0.1) is 0 Å². The number of alkyl carbamates (subject to hydrolysis) is 1. The van der Waals surface area contributed by atoms with Gasteiger partial charge < -0.3 is 24.8 Å². The summed E-state index contributed by atoms with van der Waals surface area (Å²) in [6, 6.07) is 9.54. The predicted molar refractivity (Wildman–Crippen MR) is 89.2 cm³/mol. The molecule has 0 bridgehead atoms. The van der Waals surface area contributed by atoms with E-state index in [1.807, 2.05) is 51.1 Å². The first kappa shape index (κ1) is 19.4. The summed E-state index contributed by atoms with van der Waals surface area (Å²) < 4.78 is 15.6. The first-order valence-corrected chi connectivity index (χ1v) is 7.66. The molecule has 0 saturated carbocycles. The Morgan fingerprint density at radius 1 is 1.09 bits per heavy atom. The molecule has 0 aliphatic heterocycles. The highest BCUT2D eigenvalue weighted by atomic mass is 16.7.